The van der Waals surface area contributed by atoms with Crippen LogP contribution in [0.15, 0.2) is 30.3 Å². The van der Waals surface area contributed by atoms with E-state index in [1.165, 1.54) is 0 Å². The largest absolute Gasteiger partial charge is 0.342 e. The molecule has 2 rings (SSSR count). The van der Waals surface area contributed by atoms with Crippen molar-refractivity contribution in [3.05, 3.63) is 35.9 Å². The van der Waals surface area contributed by atoms with Gasteiger partial charge >= 0.3 is 0 Å². The maximum absolute atomic E-state index is 12.4. The van der Waals surface area contributed by atoms with Crippen LogP contribution in [0.4, 0.5) is 0 Å². The highest BCUT2D eigenvalue weighted by atomic mass is 16.2. The van der Waals surface area contributed by atoms with Gasteiger partial charge in [0.1, 0.15) is 6.04 Å². The van der Waals surface area contributed by atoms with E-state index in [2.05, 4.69) is 5.32 Å². The molecule has 0 bridgehead atoms. The zero-order chi connectivity index (χ0) is 13.8. The Morgan fingerprint density at radius 1 is 1.32 bits per heavy atom. The molecule has 1 aliphatic rings. The van der Waals surface area contributed by atoms with Crippen molar-refractivity contribution < 1.29 is 9.59 Å². The van der Waals surface area contributed by atoms with Crippen LogP contribution in [-0.2, 0) is 16.1 Å². The SMILES string of the molecule is CCC(C)C1NC(=O)CN(Cc2ccccc2)C1=O. The summed E-state index contributed by atoms with van der Waals surface area (Å²) in [6.07, 6.45) is 0.871. The molecule has 1 fully saturated rings. The second-order valence-electron chi connectivity index (χ2n) is 5.11. The Morgan fingerprint density at radius 3 is 2.63 bits per heavy atom. The monoisotopic (exact) mass is 260 g/mol. The molecule has 1 aromatic carbocycles. The van der Waals surface area contributed by atoms with Crippen LogP contribution in [0.3, 0.4) is 0 Å². The molecule has 0 spiro atoms. The lowest BCUT2D eigenvalue weighted by molar-refractivity contribution is -0.146. The van der Waals surface area contributed by atoms with Gasteiger partial charge in [-0.05, 0) is 11.5 Å². The van der Waals surface area contributed by atoms with Gasteiger partial charge in [-0.1, -0.05) is 50.6 Å². The van der Waals surface area contributed by atoms with E-state index in [1.807, 2.05) is 44.2 Å². The fourth-order valence-corrected chi connectivity index (χ4v) is 2.29. The number of hydrogen-bond acceptors (Lipinski definition) is 2. The molecule has 102 valence electrons. The van der Waals surface area contributed by atoms with Crippen molar-refractivity contribution in [2.75, 3.05) is 6.54 Å². The zero-order valence-corrected chi connectivity index (χ0v) is 11.4. The molecule has 1 N–H and O–H groups in total. The Bertz CT molecular complexity index is 458. The number of rotatable bonds is 4. The summed E-state index contributed by atoms with van der Waals surface area (Å²) in [6, 6.07) is 9.38. The lowest BCUT2D eigenvalue weighted by atomic mass is 9.96. The van der Waals surface area contributed by atoms with Gasteiger partial charge in [-0.25, -0.2) is 0 Å². The Hall–Kier alpha value is -1.84. The first-order chi connectivity index (χ1) is 9.11. The van der Waals surface area contributed by atoms with Crippen LogP contribution in [0.5, 0.6) is 0 Å². The van der Waals surface area contributed by atoms with E-state index in [-0.39, 0.29) is 30.3 Å². The average Bonchev–Trinajstić information content (AvgIpc) is 2.42. The van der Waals surface area contributed by atoms with Crippen molar-refractivity contribution in [3.8, 4) is 0 Å². The topological polar surface area (TPSA) is 49.4 Å². The highest BCUT2D eigenvalue weighted by molar-refractivity contribution is 5.94. The van der Waals surface area contributed by atoms with E-state index in [1.54, 1.807) is 4.90 Å². The third-order valence-corrected chi connectivity index (χ3v) is 3.66. The lowest BCUT2D eigenvalue weighted by Gasteiger charge is -2.35. The van der Waals surface area contributed by atoms with Crippen LogP contribution < -0.4 is 5.32 Å². The van der Waals surface area contributed by atoms with Gasteiger partial charge in [0.15, 0.2) is 0 Å². The van der Waals surface area contributed by atoms with Crippen molar-refractivity contribution in [2.24, 2.45) is 5.92 Å². The molecule has 2 amide bonds. The summed E-state index contributed by atoms with van der Waals surface area (Å²) in [5.41, 5.74) is 1.05. The Balaban J connectivity index is 2.11. The molecule has 1 heterocycles. The average molecular weight is 260 g/mol. The van der Waals surface area contributed by atoms with Crippen LogP contribution in [0.2, 0.25) is 0 Å². The Labute approximate surface area is 113 Å². The number of carbonyl (C=O) groups excluding carboxylic acids is 2. The maximum atomic E-state index is 12.4. The molecule has 4 heteroatoms. The number of piperazine rings is 1. The number of hydrogen-bond donors (Lipinski definition) is 1. The molecule has 0 aromatic heterocycles. The molecule has 0 saturated carbocycles. The van der Waals surface area contributed by atoms with Gasteiger partial charge in [-0.15, -0.1) is 0 Å². The van der Waals surface area contributed by atoms with Crippen LogP contribution >= 0.6 is 0 Å². The molecule has 2 atom stereocenters. The first-order valence-corrected chi connectivity index (χ1v) is 6.74. The first kappa shape index (κ1) is 13.6. The van der Waals surface area contributed by atoms with Gasteiger partial charge < -0.3 is 10.2 Å². The van der Waals surface area contributed by atoms with Crippen LogP contribution in [0.1, 0.15) is 25.8 Å². The summed E-state index contributed by atoms with van der Waals surface area (Å²) in [5, 5.41) is 2.80. The predicted octanol–water partition coefficient (Wildman–Crippen LogP) is 1.56. The summed E-state index contributed by atoms with van der Waals surface area (Å²) in [6.45, 7) is 4.68. The summed E-state index contributed by atoms with van der Waals surface area (Å²) >= 11 is 0. The molecule has 0 aliphatic carbocycles. The smallest absolute Gasteiger partial charge is 0.246 e. The molecular formula is C15H20N2O2. The first-order valence-electron chi connectivity index (χ1n) is 6.74. The molecule has 1 saturated heterocycles. The summed E-state index contributed by atoms with van der Waals surface area (Å²) in [7, 11) is 0. The number of amides is 2. The molecule has 4 nitrogen and oxygen atoms in total. The van der Waals surface area contributed by atoms with Crippen LogP contribution in [0.25, 0.3) is 0 Å². The third-order valence-electron chi connectivity index (χ3n) is 3.66. The minimum atomic E-state index is -0.380. The fourth-order valence-electron chi connectivity index (χ4n) is 2.29. The second-order valence-corrected chi connectivity index (χ2v) is 5.11. The summed E-state index contributed by atoms with van der Waals surface area (Å²) in [4.78, 5) is 25.8. The van der Waals surface area contributed by atoms with Crippen molar-refractivity contribution in [1.29, 1.82) is 0 Å². The van der Waals surface area contributed by atoms with Crippen LogP contribution in [0, 0.1) is 5.92 Å². The highest BCUT2D eigenvalue weighted by Gasteiger charge is 2.35. The van der Waals surface area contributed by atoms with E-state index in [0.29, 0.717) is 6.54 Å². The fraction of sp³-hybridized carbons (Fsp3) is 0.467. The number of carbonyl (C=O) groups is 2. The normalized spacial score (nSPS) is 21.2. The van der Waals surface area contributed by atoms with E-state index in [0.717, 1.165) is 12.0 Å². The van der Waals surface area contributed by atoms with Crippen molar-refractivity contribution in [2.45, 2.75) is 32.9 Å². The minimum Gasteiger partial charge on any atom is -0.342 e. The number of benzene rings is 1. The molecule has 1 aliphatic heterocycles. The lowest BCUT2D eigenvalue weighted by Crippen LogP contribution is -2.59. The highest BCUT2D eigenvalue weighted by Crippen LogP contribution is 2.16. The number of nitrogens with zero attached hydrogens (tertiary/aromatic N) is 1. The molecule has 19 heavy (non-hydrogen) atoms. The quantitative estimate of drug-likeness (QED) is 0.893. The van der Waals surface area contributed by atoms with E-state index >= 15 is 0 Å². The predicted molar refractivity (Wildman–Crippen MR) is 73.2 cm³/mol. The molecule has 0 radical (unpaired) electrons. The summed E-state index contributed by atoms with van der Waals surface area (Å²) < 4.78 is 0. The van der Waals surface area contributed by atoms with E-state index < -0.39 is 0 Å². The van der Waals surface area contributed by atoms with Gasteiger partial charge in [0, 0.05) is 6.54 Å². The number of nitrogens with one attached hydrogen (secondary N) is 1. The second kappa shape index (κ2) is 5.87. The van der Waals surface area contributed by atoms with Crippen molar-refractivity contribution in [1.82, 2.24) is 10.2 Å². The Morgan fingerprint density at radius 2 is 2.00 bits per heavy atom. The molecular weight excluding hydrogens is 240 g/mol. The van der Waals surface area contributed by atoms with Gasteiger partial charge in [0.05, 0.1) is 6.54 Å². The summed E-state index contributed by atoms with van der Waals surface area (Å²) in [5.74, 6) is 0.119. The van der Waals surface area contributed by atoms with Gasteiger partial charge in [-0.3, -0.25) is 9.59 Å². The van der Waals surface area contributed by atoms with E-state index in [9.17, 15) is 9.59 Å². The molecule has 2 unspecified atom stereocenters. The standard InChI is InChI=1S/C15H20N2O2/c1-3-11(2)14-15(19)17(10-13(18)16-14)9-12-7-5-4-6-8-12/h4-8,11,14H,3,9-10H2,1-2H3,(H,16,18). The third kappa shape index (κ3) is 3.13. The minimum absolute atomic E-state index is 0.0257. The van der Waals surface area contributed by atoms with Crippen molar-refractivity contribution in [3.63, 3.8) is 0 Å². The Kier molecular flexibility index (Phi) is 4.20. The van der Waals surface area contributed by atoms with Crippen molar-refractivity contribution >= 4 is 11.8 Å². The van der Waals surface area contributed by atoms with Gasteiger partial charge in [0.25, 0.3) is 0 Å². The van der Waals surface area contributed by atoms with Gasteiger partial charge in [0.2, 0.25) is 11.8 Å². The zero-order valence-electron chi connectivity index (χ0n) is 11.4. The van der Waals surface area contributed by atoms with E-state index in [4.69, 9.17) is 0 Å². The van der Waals surface area contributed by atoms with Crippen LogP contribution in [-0.4, -0.2) is 29.3 Å². The molecule has 1 aromatic rings. The van der Waals surface area contributed by atoms with Gasteiger partial charge in [-0.2, -0.15) is 0 Å². The maximum Gasteiger partial charge on any atom is 0.246 e.